The predicted molar refractivity (Wildman–Crippen MR) is 156 cm³/mol. The molecule has 0 aromatic heterocycles. The van der Waals surface area contributed by atoms with E-state index >= 15 is 0 Å². The summed E-state index contributed by atoms with van der Waals surface area (Å²) in [5.41, 5.74) is 2.59. The molecule has 0 aliphatic carbocycles. The van der Waals surface area contributed by atoms with Crippen LogP contribution >= 0.6 is 11.6 Å². The second kappa shape index (κ2) is 13.5. The number of para-hydroxylation sites is 2. The molecule has 1 fully saturated rings. The number of carbonyl (C=O) groups is 4. The summed E-state index contributed by atoms with van der Waals surface area (Å²) >= 11 is 6.46. The average Bonchev–Trinajstić information content (AvgIpc) is 3.20. The molecule has 0 bridgehead atoms. The van der Waals surface area contributed by atoms with Crippen LogP contribution in [0.5, 0.6) is 11.5 Å². The van der Waals surface area contributed by atoms with Gasteiger partial charge < -0.3 is 25.4 Å². The van der Waals surface area contributed by atoms with Crippen molar-refractivity contribution in [3.8, 4) is 11.5 Å². The van der Waals surface area contributed by atoms with Crippen LogP contribution in [0, 0.1) is 0 Å². The fourth-order valence-corrected chi connectivity index (χ4v) is 4.37. The van der Waals surface area contributed by atoms with Gasteiger partial charge in [-0.05, 0) is 60.9 Å². The van der Waals surface area contributed by atoms with E-state index in [2.05, 4.69) is 16.0 Å². The Morgan fingerprint density at radius 2 is 1.68 bits per heavy atom. The third kappa shape index (κ3) is 7.43. The number of ether oxygens (including phenoxy) is 2. The van der Waals surface area contributed by atoms with Crippen LogP contribution in [0.1, 0.15) is 25.0 Å². The molecule has 0 saturated carbocycles. The summed E-state index contributed by atoms with van der Waals surface area (Å²) in [5, 5.41) is 8.10. The first-order valence-electron chi connectivity index (χ1n) is 12.9. The highest BCUT2D eigenvalue weighted by Gasteiger charge is 2.35. The highest BCUT2D eigenvalue weighted by Crippen LogP contribution is 2.37. The van der Waals surface area contributed by atoms with E-state index in [4.69, 9.17) is 21.1 Å². The molecule has 1 saturated heterocycles. The second-order valence-electron chi connectivity index (χ2n) is 8.90. The molecule has 1 heterocycles. The lowest BCUT2D eigenvalue weighted by Crippen LogP contribution is -2.38. The Morgan fingerprint density at radius 1 is 0.951 bits per heavy atom. The summed E-state index contributed by atoms with van der Waals surface area (Å²) < 4.78 is 11.3. The first kappa shape index (κ1) is 29.2. The van der Waals surface area contributed by atoms with Gasteiger partial charge in [0.15, 0.2) is 18.1 Å². The van der Waals surface area contributed by atoms with Crippen molar-refractivity contribution >= 4 is 52.8 Å². The van der Waals surface area contributed by atoms with Crippen molar-refractivity contribution in [2.45, 2.75) is 20.3 Å². The fraction of sp³-hybridized carbons (Fsp3) is 0.200. The molecule has 3 aromatic rings. The van der Waals surface area contributed by atoms with Gasteiger partial charge in [0.25, 0.3) is 11.8 Å². The van der Waals surface area contributed by atoms with E-state index < -0.39 is 24.4 Å². The van der Waals surface area contributed by atoms with Gasteiger partial charge in [0.2, 0.25) is 5.91 Å². The summed E-state index contributed by atoms with van der Waals surface area (Å²) in [4.78, 5) is 51.3. The van der Waals surface area contributed by atoms with Gasteiger partial charge in [0.1, 0.15) is 12.2 Å². The zero-order valence-electron chi connectivity index (χ0n) is 22.5. The number of amides is 5. The third-order valence-corrected chi connectivity index (χ3v) is 6.26. The van der Waals surface area contributed by atoms with Gasteiger partial charge in [-0.2, -0.15) is 0 Å². The summed E-state index contributed by atoms with van der Waals surface area (Å²) in [7, 11) is 0. The SMILES string of the molecule is CCOc1cc(/C=C2/NC(=O)N(CC(=O)Nc3ccccc3CC)C2=O)cc(Cl)c1OCC(=O)Nc1ccccc1. The maximum atomic E-state index is 13.0. The minimum atomic E-state index is -0.722. The van der Waals surface area contributed by atoms with Crippen LogP contribution in [0.15, 0.2) is 72.4 Å². The topological polar surface area (TPSA) is 126 Å². The second-order valence-corrected chi connectivity index (χ2v) is 9.31. The minimum absolute atomic E-state index is 0.0359. The summed E-state index contributed by atoms with van der Waals surface area (Å²) in [5.74, 6) is -1.15. The zero-order valence-corrected chi connectivity index (χ0v) is 23.3. The molecular weight excluding hydrogens is 548 g/mol. The molecule has 1 aliphatic heterocycles. The molecule has 10 nitrogen and oxygen atoms in total. The lowest BCUT2D eigenvalue weighted by molar-refractivity contribution is -0.127. The molecule has 0 radical (unpaired) electrons. The highest BCUT2D eigenvalue weighted by molar-refractivity contribution is 6.32. The van der Waals surface area contributed by atoms with E-state index in [1.807, 2.05) is 25.1 Å². The number of benzene rings is 3. The van der Waals surface area contributed by atoms with E-state index in [1.54, 1.807) is 49.4 Å². The van der Waals surface area contributed by atoms with E-state index in [-0.39, 0.29) is 41.3 Å². The zero-order chi connectivity index (χ0) is 29.4. The average molecular weight is 577 g/mol. The number of rotatable bonds is 11. The van der Waals surface area contributed by atoms with Crippen LogP contribution < -0.4 is 25.4 Å². The smallest absolute Gasteiger partial charge is 0.329 e. The number of imide groups is 1. The summed E-state index contributed by atoms with van der Waals surface area (Å²) in [6, 6.07) is 18.6. The molecule has 212 valence electrons. The number of hydrogen-bond acceptors (Lipinski definition) is 6. The first-order valence-corrected chi connectivity index (χ1v) is 13.3. The van der Waals surface area contributed by atoms with Crippen molar-refractivity contribution in [2.24, 2.45) is 0 Å². The van der Waals surface area contributed by atoms with Crippen molar-refractivity contribution in [1.29, 1.82) is 0 Å². The number of nitrogens with one attached hydrogen (secondary N) is 3. The van der Waals surface area contributed by atoms with Crippen LogP contribution in [0.4, 0.5) is 16.2 Å². The van der Waals surface area contributed by atoms with Crippen LogP contribution in [0.2, 0.25) is 5.02 Å². The number of urea groups is 1. The molecule has 3 aromatic carbocycles. The van der Waals surface area contributed by atoms with Gasteiger partial charge in [-0.3, -0.25) is 14.4 Å². The standard InChI is InChI=1S/C30H29ClN4O6/c1-3-20-10-8-9-13-23(20)33-26(36)17-35-29(38)24(34-30(35)39)15-19-14-22(31)28(25(16-19)40-4-2)41-18-27(37)32-21-11-6-5-7-12-21/h5-16H,3-4,17-18H2,1-2H3,(H,32,37)(H,33,36)(H,34,39)/b24-15+. The number of nitrogens with zero attached hydrogens (tertiary/aromatic N) is 1. The number of hydrogen-bond donors (Lipinski definition) is 3. The molecular formula is C30H29ClN4O6. The molecule has 0 unspecified atom stereocenters. The van der Waals surface area contributed by atoms with E-state index in [9.17, 15) is 19.2 Å². The lowest BCUT2D eigenvalue weighted by Gasteiger charge is -2.15. The first-order chi connectivity index (χ1) is 19.8. The highest BCUT2D eigenvalue weighted by atomic mass is 35.5. The minimum Gasteiger partial charge on any atom is -0.490 e. The number of halogens is 1. The number of aryl methyl sites for hydroxylation is 1. The van der Waals surface area contributed by atoms with Gasteiger partial charge >= 0.3 is 6.03 Å². The normalized spacial score (nSPS) is 13.6. The Morgan fingerprint density at radius 3 is 2.41 bits per heavy atom. The Labute approximate surface area is 242 Å². The van der Waals surface area contributed by atoms with Gasteiger partial charge in [0, 0.05) is 11.4 Å². The summed E-state index contributed by atoms with van der Waals surface area (Å²) in [6.07, 6.45) is 2.13. The predicted octanol–water partition coefficient (Wildman–Crippen LogP) is 4.85. The number of anilines is 2. The Hall–Kier alpha value is -4.83. The van der Waals surface area contributed by atoms with Gasteiger partial charge in [0.05, 0.1) is 11.6 Å². The van der Waals surface area contributed by atoms with Crippen molar-refractivity contribution in [1.82, 2.24) is 10.2 Å². The molecule has 0 spiro atoms. The third-order valence-electron chi connectivity index (χ3n) is 5.98. The Bertz CT molecular complexity index is 1490. The Balaban J connectivity index is 1.45. The molecule has 5 amide bonds. The van der Waals surface area contributed by atoms with Crippen molar-refractivity contribution in [3.63, 3.8) is 0 Å². The van der Waals surface area contributed by atoms with E-state index in [0.29, 0.717) is 23.4 Å². The lowest BCUT2D eigenvalue weighted by atomic mass is 10.1. The fourth-order valence-electron chi connectivity index (χ4n) is 4.10. The maximum Gasteiger partial charge on any atom is 0.329 e. The van der Waals surface area contributed by atoms with Gasteiger partial charge in [-0.1, -0.05) is 54.9 Å². The maximum absolute atomic E-state index is 13.0. The van der Waals surface area contributed by atoms with E-state index in [0.717, 1.165) is 10.5 Å². The molecule has 11 heteroatoms. The van der Waals surface area contributed by atoms with Crippen LogP contribution in [0.25, 0.3) is 6.08 Å². The molecule has 41 heavy (non-hydrogen) atoms. The van der Waals surface area contributed by atoms with Crippen molar-refractivity contribution in [3.05, 3.63) is 88.6 Å². The molecule has 4 rings (SSSR count). The quantitative estimate of drug-likeness (QED) is 0.221. The molecule has 1 aliphatic rings. The van der Waals surface area contributed by atoms with Crippen LogP contribution in [-0.2, 0) is 20.8 Å². The van der Waals surface area contributed by atoms with Crippen LogP contribution in [0.3, 0.4) is 0 Å². The monoisotopic (exact) mass is 576 g/mol. The van der Waals surface area contributed by atoms with Crippen LogP contribution in [-0.4, -0.2) is 48.4 Å². The summed E-state index contributed by atoms with van der Waals surface area (Å²) in [6.45, 7) is 3.24. The van der Waals surface area contributed by atoms with Gasteiger partial charge in [-0.15, -0.1) is 0 Å². The number of carbonyl (C=O) groups excluding carboxylic acids is 4. The van der Waals surface area contributed by atoms with Crippen molar-refractivity contribution in [2.75, 3.05) is 30.4 Å². The largest absolute Gasteiger partial charge is 0.490 e. The van der Waals surface area contributed by atoms with Gasteiger partial charge in [-0.25, -0.2) is 9.69 Å². The van der Waals surface area contributed by atoms with E-state index in [1.165, 1.54) is 12.1 Å². The molecule has 0 atom stereocenters. The Kier molecular flexibility index (Phi) is 9.60. The van der Waals surface area contributed by atoms with Crippen molar-refractivity contribution < 1.29 is 28.7 Å². The molecule has 3 N–H and O–H groups in total.